The molecule has 45 heavy (non-hydrogen) atoms. The van der Waals surface area contributed by atoms with Crippen molar-refractivity contribution in [3.63, 3.8) is 0 Å². The van der Waals surface area contributed by atoms with Crippen molar-refractivity contribution in [2.75, 3.05) is 17.4 Å². The Kier molecular flexibility index (Phi) is 10.1. The lowest BCUT2D eigenvalue weighted by molar-refractivity contribution is -0.146. The first-order valence-electron chi connectivity index (χ1n) is 13.4. The van der Waals surface area contributed by atoms with Gasteiger partial charge >= 0.3 is 12.1 Å². The number of amides is 1. The van der Waals surface area contributed by atoms with Gasteiger partial charge in [0.25, 0.3) is 10.0 Å². The molecule has 0 unspecified atom stereocenters. The van der Waals surface area contributed by atoms with Crippen molar-refractivity contribution in [2.45, 2.75) is 43.0 Å². The van der Waals surface area contributed by atoms with Gasteiger partial charge < -0.3 is 20.3 Å². The van der Waals surface area contributed by atoms with E-state index in [0.717, 1.165) is 22.5 Å². The topological polar surface area (TPSA) is 133 Å². The van der Waals surface area contributed by atoms with Crippen LogP contribution in [-0.2, 0) is 25.8 Å². The van der Waals surface area contributed by atoms with Crippen LogP contribution in [0.25, 0.3) is 11.6 Å². The number of hydrogen-bond donors (Lipinski definition) is 3. The van der Waals surface area contributed by atoms with Crippen molar-refractivity contribution in [3.05, 3.63) is 88.2 Å². The molecule has 2 atom stereocenters. The lowest BCUT2D eigenvalue weighted by Gasteiger charge is -2.36. The quantitative estimate of drug-likeness (QED) is 0.196. The molecule has 3 aromatic carbocycles. The molecule has 0 saturated carbocycles. The third-order valence-electron chi connectivity index (χ3n) is 6.88. The number of nitrogens with zero attached hydrogens (tertiary/aromatic N) is 1. The standard InChI is InChI=1S/C30H27ClF4N2O7S/c1-17(28-22(31)6-3-7-23(28)32)12-18-8-10-26-24(13-18)37(45(42,43)21-5-2-4-19(14-21)30(33,34)35)16-20(44-26)9-11-27(39)36-15-25(38)29(40)41/h2-8,10,12-14,20,25,38H,9,11,15-16H2,1H3,(H,36,39)(H,40,41)/b17-12+/t20-,25-/m0/s1. The molecule has 15 heteroatoms. The predicted molar refractivity (Wildman–Crippen MR) is 158 cm³/mol. The number of aliphatic hydroxyl groups excluding tert-OH is 1. The summed E-state index contributed by atoms with van der Waals surface area (Å²) in [5, 5.41) is 20.5. The molecule has 9 nitrogen and oxygen atoms in total. The van der Waals surface area contributed by atoms with Crippen molar-refractivity contribution >= 4 is 50.8 Å². The molecule has 0 radical (unpaired) electrons. The molecular weight excluding hydrogens is 644 g/mol. The molecule has 0 saturated heterocycles. The van der Waals surface area contributed by atoms with Crippen LogP contribution in [-0.4, -0.2) is 55.8 Å². The number of alkyl halides is 3. The minimum absolute atomic E-state index is 0.00104. The highest BCUT2D eigenvalue weighted by Crippen LogP contribution is 2.40. The summed E-state index contributed by atoms with van der Waals surface area (Å²) in [5.41, 5.74) is -0.204. The normalized spacial score (nSPS) is 16.0. The Labute approximate surface area is 260 Å². The van der Waals surface area contributed by atoms with Gasteiger partial charge in [0.1, 0.15) is 17.7 Å². The molecule has 3 aromatic rings. The Morgan fingerprint density at radius 2 is 1.87 bits per heavy atom. The van der Waals surface area contributed by atoms with Crippen LogP contribution in [0.4, 0.5) is 23.2 Å². The van der Waals surface area contributed by atoms with Crippen molar-refractivity contribution in [2.24, 2.45) is 0 Å². The van der Waals surface area contributed by atoms with Crippen molar-refractivity contribution < 1.29 is 50.5 Å². The number of nitrogens with one attached hydrogen (secondary N) is 1. The van der Waals surface area contributed by atoms with Gasteiger partial charge in [-0.1, -0.05) is 35.9 Å². The fraction of sp³-hybridized carbons (Fsp3) is 0.267. The van der Waals surface area contributed by atoms with Crippen LogP contribution < -0.4 is 14.4 Å². The Bertz CT molecular complexity index is 1730. The molecule has 240 valence electrons. The summed E-state index contributed by atoms with van der Waals surface area (Å²) in [6.45, 7) is 0.669. The number of anilines is 1. The summed E-state index contributed by atoms with van der Waals surface area (Å²) in [7, 11) is -4.62. The number of rotatable bonds is 10. The van der Waals surface area contributed by atoms with Gasteiger partial charge in [-0.05, 0) is 66.9 Å². The number of aliphatic carboxylic acids is 1. The van der Waals surface area contributed by atoms with E-state index in [9.17, 15) is 40.7 Å². The van der Waals surface area contributed by atoms with E-state index in [0.29, 0.717) is 17.2 Å². The van der Waals surface area contributed by atoms with Crippen molar-refractivity contribution in [1.29, 1.82) is 0 Å². The number of aliphatic hydroxyl groups is 1. The maximum atomic E-state index is 14.5. The number of ether oxygens (including phenoxy) is 1. The summed E-state index contributed by atoms with van der Waals surface area (Å²) in [4.78, 5) is 22.4. The van der Waals surface area contributed by atoms with Gasteiger partial charge in [-0.3, -0.25) is 9.10 Å². The largest absolute Gasteiger partial charge is 0.486 e. The van der Waals surface area contributed by atoms with E-state index in [2.05, 4.69) is 5.32 Å². The molecule has 0 fully saturated rings. The van der Waals surface area contributed by atoms with Crippen LogP contribution in [0, 0.1) is 5.82 Å². The number of carbonyl (C=O) groups is 2. The van der Waals surface area contributed by atoms with Crippen LogP contribution in [0.3, 0.4) is 0 Å². The molecule has 0 aromatic heterocycles. The number of carbonyl (C=O) groups excluding carboxylic acids is 1. The van der Waals surface area contributed by atoms with E-state index in [-0.39, 0.29) is 41.4 Å². The molecule has 4 rings (SSSR count). The fourth-order valence-corrected chi connectivity index (χ4v) is 6.49. The maximum Gasteiger partial charge on any atom is 0.416 e. The summed E-state index contributed by atoms with van der Waals surface area (Å²) in [5.74, 6) is -2.68. The summed E-state index contributed by atoms with van der Waals surface area (Å²) >= 11 is 6.18. The maximum absolute atomic E-state index is 14.5. The second kappa shape index (κ2) is 13.5. The van der Waals surface area contributed by atoms with Crippen LogP contribution in [0.1, 0.15) is 36.5 Å². The highest BCUT2D eigenvalue weighted by Gasteiger charge is 2.37. The molecule has 3 N–H and O–H groups in total. The van der Waals surface area contributed by atoms with Gasteiger partial charge in [0, 0.05) is 12.0 Å². The molecule has 0 aliphatic carbocycles. The van der Waals surface area contributed by atoms with Crippen LogP contribution >= 0.6 is 11.6 Å². The molecule has 1 heterocycles. The zero-order valence-electron chi connectivity index (χ0n) is 23.5. The fourth-order valence-electron chi connectivity index (χ4n) is 4.63. The summed E-state index contributed by atoms with van der Waals surface area (Å²) in [6.07, 6.45) is -6.30. The third kappa shape index (κ3) is 7.93. The number of fused-ring (bicyclic) bond motifs is 1. The van der Waals surface area contributed by atoms with Crippen LogP contribution in [0.2, 0.25) is 5.02 Å². The molecule has 0 bridgehead atoms. The van der Waals surface area contributed by atoms with E-state index < -0.39 is 63.1 Å². The van der Waals surface area contributed by atoms with Gasteiger partial charge in [-0.15, -0.1) is 0 Å². The Morgan fingerprint density at radius 1 is 1.16 bits per heavy atom. The Morgan fingerprint density at radius 3 is 2.53 bits per heavy atom. The molecule has 1 amide bonds. The first kappa shape index (κ1) is 33.7. The second-order valence-electron chi connectivity index (χ2n) is 10.1. The minimum atomic E-state index is -4.80. The number of allylic oxidation sites excluding steroid dienone is 1. The van der Waals surface area contributed by atoms with E-state index in [4.69, 9.17) is 21.4 Å². The van der Waals surface area contributed by atoms with Gasteiger partial charge in [-0.25, -0.2) is 17.6 Å². The minimum Gasteiger partial charge on any atom is -0.486 e. The number of hydrogen-bond acceptors (Lipinski definition) is 6. The molecule has 1 aliphatic heterocycles. The number of carboxylic acid groups (broad SMARTS) is 1. The lowest BCUT2D eigenvalue weighted by atomic mass is 10.0. The zero-order chi connectivity index (χ0) is 33.1. The van der Waals surface area contributed by atoms with E-state index >= 15 is 0 Å². The van der Waals surface area contributed by atoms with E-state index in [1.54, 1.807) is 19.1 Å². The first-order chi connectivity index (χ1) is 21.1. The number of halogens is 5. The van der Waals surface area contributed by atoms with E-state index in [1.165, 1.54) is 30.3 Å². The van der Waals surface area contributed by atoms with Crippen LogP contribution in [0.5, 0.6) is 5.75 Å². The second-order valence-corrected chi connectivity index (χ2v) is 12.4. The lowest BCUT2D eigenvalue weighted by Crippen LogP contribution is -2.44. The SMILES string of the molecule is C/C(=C\c1ccc2c(c1)N(S(=O)(=O)c1cccc(C(F)(F)F)c1)C[C@H](CCC(=O)NC[C@H](O)C(=O)O)O2)c1c(F)cccc1Cl. The smallest absolute Gasteiger partial charge is 0.416 e. The number of benzene rings is 3. The van der Waals surface area contributed by atoms with Crippen molar-refractivity contribution in [1.82, 2.24) is 5.32 Å². The van der Waals surface area contributed by atoms with Crippen LogP contribution in [0.15, 0.2) is 65.6 Å². The van der Waals surface area contributed by atoms with Crippen molar-refractivity contribution in [3.8, 4) is 5.75 Å². The van der Waals surface area contributed by atoms with Gasteiger partial charge in [0.15, 0.2) is 6.10 Å². The average molecular weight is 671 g/mol. The summed E-state index contributed by atoms with van der Waals surface area (Å²) in [6, 6.07) is 11.9. The molecule has 0 spiro atoms. The molecule has 1 aliphatic rings. The third-order valence-corrected chi connectivity index (χ3v) is 8.97. The first-order valence-corrected chi connectivity index (χ1v) is 15.2. The Balaban J connectivity index is 1.69. The highest BCUT2D eigenvalue weighted by atomic mass is 35.5. The Hall–Kier alpha value is -4.14. The van der Waals surface area contributed by atoms with Gasteiger partial charge in [0.2, 0.25) is 5.91 Å². The summed E-state index contributed by atoms with van der Waals surface area (Å²) < 4.78 is 89.4. The highest BCUT2D eigenvalue weighted by molar-refractivity contribution is 7.92. The number of sulfonamides is 1. The van der Waals surface area contributed by atoms with Gasteiger partial charge in [0.05, 0.1) is 34.3 Å². The average Bonchev–Trinajstić information content (AvgIpc) is 2.97. The van der Waals surface area contributed by atoms with Gasteiger partial charge in [-0.2, -0.15) is 13.2 Å². The zero-order valence-corrected chi connectivity index (χ0v) is 25.1. The monoisotopic (exact) mass is 670 g/mol. The van der Waals surface area contributed by atoms with E-state index in [1.807, 2.05) is 0 Å². The number of carboxylic acids is 1. The molecular formula is C30H27ClF4N2O7S. The predicted octanol–water partition coefficient (Wildman–Crippen LogP) is 5.36.